The predicted molar refractivity (Wildman–Crippen MR) is 96.6 cm³/mol. The Hall–Kier alpha value is -0.550. The molecule has 1 saturated heterocycles. The molecule has 2 fully saturated rings. The second-order valence-corrected chi connectivity index (χ2v) is 6.16. The summed E-state index contributed by atoms with van der Waals surface area (Å²) in [5.41, 5.74) is 1.16. The Bertz CT molecular complexity index is 478. The van der Waals surface area contributed by atoms with Crippen LogP contribution in [0.2, 0.25) is 0 Å². The third kappa shape index (κ3) is 4.72. The first-order chi connectivity index (χ1) is 10.3. The lowest BCUT2D eigenvalue weighted by molar-refractivity contribution is 0.123. The van der Waals surface area contributed by atoms with Crippen molar-refractivity contribution in [3.05, 3.63) is 29.6 Å². The SMILES string of the molecule is COc1cc(F)ccc1[C@H](C1CCCC1)N1CCNCC1.Cl.Cl. The van der Waals surface area contributed by atoms with Crippen molar-refractivity contribution in [1.29, 1.82) is 0 Å². The summed E-state index contributed by atoms with van der Waals surface area (Å²) in [5, 5.41) is 3.42. The van der Waals surface area contributed by atoms with E-state index in [2.05, 4.69) is 10.2 Å². The minimum atomic E-state index is -0.221. The highest BCUT2D eigenvalue weighted by Gasteiger charge is 2.33. The van der Waals surface area contributed by atoms with Crippen LogP contribution in [0.5, 0.6) is 5.75 Å². The number of hydrogen-bond donors (Lipinski definition) is 1. The molecule has 1 aliphatic heterocycles. The highest BCUT2D eigenvalue weighted by molar-refractivity contribution is 5.85. The molecule has 3 nitrogen and oxygen atoms in total. The zero-order valence-electron chi connectivity index (χ0n) is 13.6. The molecule has 1 aliphatic carbocycles. The molecular weight excluding hydrogens is 338 g/mol. The Morgan fingerprint density at radius 2 is 1.83 bits per heavy atom. The van der Waals surface area contributed by atoms with E-state index in [1.807, 2.05) is 6.07 Å². The quantitative estimate of drug-likeness (QED) is 0.878. The smallest absolute Gasteiger partial charge is 0.126 e. The number of hydrogen-bond acceptors (Lipinski definition) is 3. The summed E-state index contributed by atoms with van der Waals surface area (Å²) in [6, 6.07) is 5.39. The number of piperazine rings is 1. The van der Waals surface area contributed by atoms with Crippen LogP contribution in [0.4, 0.5) is 4.39 Å². The molecular formula is C17H27Cl2FN2O. The average molecular weight is 365 g/mol. The minimum Gasteiger partial charge on any atom is -0.496 e. The molecule has 1 aromatic rings. The van der Waals surface area contributed by atoms with Gasteiger partial charge in [0, 0.05) is 43.9 Å². The van der Waals surface area contributed by atoms with E-state index < -0.39 is 0 Å². The molecule has 0 unspecified atom stereocenters. The van der Waals surface area contributed by atoms with Gasteiger partial charge in [-0.1, -0.05) is 18.9 Å². The maximum absolute atomic E-state index is 13.5. The second-order valence-electron chi connectivity index (χ2n) is 6.16. The first-order valence-corrected chi connectivity index (χ1v) is 8.08. The molecule has 1 heterocycles. The Labute approximate surface area is 150 Å². The molecule has 1 N–H and O–H groups in total. The molecule has 1 atom stereocenters. The number of rotatable bonds is 4. The van der Waals surface area contributed by atoms with Gasteiger partial charge in [0.05, 0.1) is 7.11 Å². The van der Waals surface area contributed by atoms with E-state index in [0.29, 0.717) is 17.7 Å². The molecule has 1 aromatic carbocycles. The van der Waals surface area contributed by atoms with Crippen molar-refractivity contribution in [2.75, 3.05) is 33.3 Å². The maximum Gasteiger partial charge on any atom is 0.126 e. The molecule has 132 valence electrons. The monoisotopic (exact) mass is 364 g/mol. The number of halogens is 3. The van der Waals surface area contributed by atoms with Gasteiger partial charge in [-0.15, -0.1) is 24.8 Å². The Morgan fingerprint density at radius 1 is 1.17 bits per heavy atom. The lowest BCUT2D eigenvalue weighted by atomic mass is 9.89. The fourth-order valence-corrected chi connectivity index (χ4v) is 3.91. The number of ether oxygens (including phenoxy) is 1. The largest absolute Gasteiger partial charge is 0.496 e. The number of nitrogens with zero attached hydrogens (tertiary/aromatic N) is 1. The Balaban J connectivity index is 0.00000132. The van der Waals surface area contributed by atoms with Crippen molar-refractivity contribution >= 4 is 24.8 Å². The summed E-state index contributed by atoms with van der Waals surface area (Å²) in [5.74, 6) is 1.15. The topological polar surface area (TPSA) is 24.5 Å². The second kappa shape index (κ2) is 9.67. The van der Waals surface area contributed by atoms with Crippen molar-refractivity contribution in [3.63, 3.8) is 0 Å². The fraction of sp³-hybridized carbons (Fsp3) is 0.647. The molecule has 23 heavy (non-hydrogen) atoms. The van der Waals surface area contributed by atoms with Crippen molar-refractivity contribution in [2.24, 2.45) is 5.92 Å². The lowest BCUT2D eigenvalue weighted by Crippen LogP contribution is -2.46. The van der Waals surface area contributed by atoms with E-state index in [1.165, 1.54) is 31.7 Å². The van der Waals surface area contributed by atoms with Crippen LogP contribution in [0.15, 0.2) is 18.2 Å². The molecule has 0 aromatic heterocycles. The van der Waals surface area contributed by atoms with Gasteiger partial charge in [-0.25, -0.2) is 4.39 Å². The summed E-state index contributed by atoms with van der Waals surface area (Å²) in [6.07, 6.45) is 5.18. The first-order valence-electron chi connectivity index (χ1n) is 8.08. The van der Waals surface area contributed by atoms with Gasteiger partial charge in [-0.2, -0.15) is 0 Å². The van der Waals surface area contributed by atoms with E-state index in [-0.39, 0.29) is 30.6 Å². The van der Waals surface area contributed by atoms with Gasteiger partial charge in [0.2, 0.25) is 0 Å². The van der Waals surface area contributed by atoms with E-state index in [0.717, 1.165) is 31.7 Å². The lowest BCUT2D eigenvalue weighted by Gasteiger charge is -2.39. The van der Waals surface area contributed by atoms with Crippen LogP contribution < -0.4 is 10.1 Å². The van der Waals surface area contributed by atoms with E-state index in [9.17, 15) is 4.39 Å². The van der Waals surface area contributed by atoms with Gasteiger partial charge in [0.25, 0.3) is 0 Å². The van der Waals surface area contributed by atoms with Gasteiger partial charge >= 0.3 is 0 Å². The van der Waals surface area contributed by atoms with E-state index in [1.54, 1.807) is 13.2 Å². The Kier molecular flexibility index (Phi) is 8.62. The summed E-state index contributed by atoms with van der Waals surface area (Å²) in [6.45, 7) is 4.18. The normalized spacial score (nSPS) is 20.4. The van der Waals surface area contributed by atoms with E-state index >= 15 is 0 Å². The van der Waals surface area contributed by atoms with Crippen LogP contribution in [0.3, 0.4) is 0 Å². The van der Waals surface area contributed by atoms with Gasteiger partial charge < -0.3 is 10.1 Å². The van der Waals surface area contributed by atoms with Crippen LogP contribution in [0.25, 0.3) is 0 Å². The van der Waals surface area contributed by atoms with Crippen molar-refractivity contribution in [1.82, 2.24) is 10.2 Å². The third-order valence-corrected chi connectivity index (χ3v) is 4.91. The standard InChI is InChI=1S/C17H25FN2O.2ClH/c1-21-16-12-14(18)6-7-15(16)17(13-4-2-3-5-13)20-10-8-19-9-11-20;;/h6-7,12-13,17,19H,2-5,8-11H2,1H3;2*1H/t17-;;/m0../s1. The number of methoxy groups -OCH3 is 1. The van der Waals surface area contributed by atoms with Crippen molar-refractivity contribution < 1.29 is 9.13 Å². The molecule has 0 bridgehead atoms. The first kappa shape index (κ1) is 20.5. The van der Waals surface area contributed by atoms with Gasteiger partial charge in [-0.3, -0.25) is 4.90 Å². The summed E-state index contributed by atoms with van der Waals surface area (Å²) in [7, 11) is 1.64. The predicted octanol–water partition coefficient (Wildman–Crippen LogP) is 3.81. The number of benzene rings is 1. The van der Waals surface area contributed by atoms with Crippen LogP contribution in [-0.2, 0) is 0 Å². The van der Waals surface area contributed by atoms with Crippen LogP contribution >= 0.6 is 24.8 Å². The molecule has 0 spiro atoms. The van der Waals surface area contributed by atoms with Crippen LogP contribution in [0.1, 0.15) is 37.3 Å². The highest BCUT2D eigenvalue weighted by atomic mass is 35.5. The van der Waals surface area contributed by atoms with Crippen molar-refractivity contribution in [2.45, 2.75) is 31.7 Å². The molecule has 0 radical (unpaired) electrons. The molecule has 3 rings (SSSR count). The molecule has 2 aliphatic rings. The summed E-state index contributed by atoms with van der Waals surface area (Å²) in [4.78, 5) is 2.56. The van der Waals surface area contributed by atoms with Gasteiger partial charge in [0.15, 0.2) is 0 Å². The molecule has 1 saturated carbocycles. The third-order valence-electron chi connectivity index (χ3n) is 4.91. The zero-order valence-corrected chi connectivity index (χ0v) is 15.2. The van der Waals surface area contributed by atoms with Crippen LogP contribution in [-0.4, -0.2) is 38.2 Å². The zero-order chi connectivity index (χ0) is 14.7. The summed E-state index contributed by atoms with van der Waals surface area (Å²) >= 11 is 0. The molecule has 6 heteroatoms. The minimum absolute atomic E-state index is 0. The van der Waals surface area contributed by atoms with E-state index in [4.69, 9.17) is 4.74 Å². The van der Waals surface area contributed by atoms with Crippen molar-refractivity contribution in [3.8, 4) is 5.75 Å². The van der Waals surface area contributed by atoms with Gasteiger partial charge in [0.1, 0.15) is 11.6 Å². The summed E-state index contributed by atoms with van der Waals surface area (Å²) < 4.78 is 19.0. The maximum atomic E-state index is 13.5. The highest BCUT2D eigenvalue weighted by Crippen LogP contribution is 2.42. The fourth-order valence-electron chi connectivity index (χ4n) is 3.91. The molecule has 0 amide bonds. The van der Waals surface area contributed by atoms with Gasteiger partial charge in [-0.05, 0) is 24.8 Å². The van der Waals surface area contributed by atoms with Crippen LogP contribution in [0, 0.1) is 11.7 Å². The number of nitrogens with one attached hydrogen (secondary N) is 1. The average Bonchev–Trinajstić information content (AvgIpc) is 3.04. The Morgan fingerprint density at radius 3 is 2.43 bits per heavy atom.